The summed E-state index contributed by atoms with van der Waals surface area (Å²) in [4.78, 5) is 25.5. The van der Waals surface area contributed by atoms with Gasteiger partial charge in [-0.2, -0.15) is 4.98 Å². The Morgan fingerprint density at radius 1 is 1.11 bits per heavy atom. The Labute approximate surface area is 217 Å². The Morgan fingerprint density at radius 3 is 2.56 bits per heavy atom. The van der Waals surface area contributed by atoms with Gasteiger partial charge in [-0.25, -0.2) is 14.4 Å². The van der Waals surface area contributed by atoms with Crippen LogP contribution in [-0.4, -0.2) is 42.7 Å². The summed E-state index contributed by atoms with van der Waals surface area (Å²) < 4.78 is 16.7. The van der Waals surface area contributed by atoms with Gasteiger partial charge in [-0.1, -0.05) is 36.0 Å². The number of hydrogen-bond acceptors (Lipinski definition) is 7. The summed E-state index contributed by atoms with van der Waals surface area (Å²) in [6.07, 6.45) is 7.38. The number of aromatic nitrogens is 4. The number of nitrogens with one attached hydrogen (secondary N) is 2. The summed E-state index contributed by atoms with van der Waals surface area (Å²) in [5, 5.41) is 17.0. The topological polar surface area (TPSA) is 131 Å². The van der Waals surface area contributed by atoms with E-state index in [0.29, 0.717) is 48.7 Å². The zero-order valence-electron chi connectivity index (χ0n) is 19.6. The van der Waals surface area contributed by atoms with E-state index in [0.717, 1.165) is 25.7 Å². The van der Waals surface area contributed by atoms with E-state index in [2.05, 4.69) is 20.6 Å². The molecule has 2 heterocycles. The molecular weight excluding hydrogens is 508 g/mol. The van der Waals surface area contributed by atoms with Gasteiger partial charge in [0.1, 0.15) is 11.3 Å². The molecule has 0 unspecified atom stereocenters. The first-order valence-electron chi connectivity index (χ1n) is 12.2. The van der Waals surface area contributed by atoms with E-state index in [1.165, 1.54) is 12.1 Å². The highest BCUT2D eigenvalue weighted by atomic mass is 35.5. The number of rotatable bonds is 6. The van der Waals surface area contributed by atoms with Crippen molar-refractivity contribution in [2.24, 2.45) is 11.7 Å². The molecule has 3 aromatic rings. The van der Waals surface area contributed by atoms with E-state index >= 15 is 0 Å². The third-order valence-electron chi connectivity index (χ3n) is 7.18. The molecule has 2 aliphatic rings. The maximum atomic E-state index is 14.7. The number of hydrogen-bond donors (Lipinski definition) is 4. The second-order valence-corrected chi connectivity index (χ2v) is 10.4. The first-order chi connectivity index (χ1) is 17.3. The maximum absolute atomic E-state index is 14.7. The largest absolute Gasteiger partial charge is 0.391 e. The lowest BCUT2D eigenvalue weighted by atomic mass is 9.85. The van der Waals surface area contributed by atoms with Crippen LogP contribution in [0.1, 0.15) is 57.4 Å². The molecule has 2 fully saturated rings. The Kier molecular flexibility index (Phi) is 7.18. The van der Waals surface area contributed by atoms with Crippen LogP contribution in [0.15, 0.2) is 18.3 Å². The molecule has 2 atom stereocenters. The number of primary amides is 1. The smallest absolute Gasteiger partial charge is 0.225 e. The molecule has 12 heteroatoms. The van der Waals surface area contributed by atoms with Crippen LogP contribution in [0.2, 0.25) is 10.0 Å². The zero-order valence-corrected chi connectivity index (χ0v) is 21.1. The second kappa shape index (κ2) is 10.4. The summed E-state index contributed by atoms with van der Waals surface area (Å²) >= 11 is 12.2. The standard InChI is InChI=1S/C24H28Cl2FN7O2/c25-13-9-15(26)20(16(27)10-13)32-24-31-18-11-29-23(30-17-3-1-2-4-19(17)35)33-22(18)34(24)14-7-5-12(6-8-14)21(28)36/h9-12,14,17,19,35H,1-8H2,(H2,28,36)(H,31,32)(H,29,30,33)/t12-,14+,17-,19+/m0/s1. The summed E-state index contributed by atoms with van der Waals surface area (Å²) in [6.45, 7) is 0. The van der Waals surface area contributed by atoms with Crippen LogP contribution in [-0.2, 0) is 4.79 Å². The normalized spacial score (nSPS) is 24.6. The zero-order chi connectivity index (χ0) is 25.4. The lowest BCUT2D eigenvalue weighted by Crippen LogP contribution is -2.36. The molecule has 0 saturated heterocycles. The maximum Gasteiger partial charge on any atom is 0.225 e. The van der Waals surface area contributed by atoms with Gasteiger partial charge in [0.2, 0.25) is 17.8 Å². The van der Waals surface area contributed by atoms with Crippen molar-refractivity contribution in [3.63, 3.8) is 0 Å². The van der Waals surface area contributed by atoms with E-state index in [-0.39, 0.29) is 39.6 Å². The molecule has 1 aromatic carbocycles. The van der Waals surface area contributed by atoms with E-state index in [4.69, 9.17) is 33.9 Å². The first kappa shape index (κ1) is 25.0. The second-order valence-electron chi connectivity index (χ2n) is 9.59. The number of aliphatic hydroxyl groups is 1. The molecule has 5 N–H and O–H groups in total. The molecule has 1 amide bonds. The lowest BCUT2D eigenvalue weighted by molar-refractivity contribution is -0.122. The Balaban J connectivity index is 1.53. The van der Waals surface area contributed by atoms with Gasteiger partial charge >= 0.3 is 0 Å². The minimum atomic E-state index is -0.608. The number of nitrogens with two attached hydrogens (primary N) is 1. The van der Waals surface area contributed by atoms with Crippen LogP contribution >= 0.6 is 23.2 Å². The molecule has 2 aliphatic carbocycles. The predicted octanol–water partition coefficient (Wildman–Crippen LogP) is 4.95. The monoisotopic (exact) mass is 535 g/mol. The molecule has 0 aliphatic heterocycles. The highest BCUT2D eigenvalue weighted by Crippen LogP contribution is 2.38. The van der Waals surface area contributed by atoms with Crippen molar-refractivity contribution < 1.29 is 14.3 Å². The number of nitrogens with zero attached hydrogens (tertiary/aromatic N) is 4. The highest BCUT2D eigenvalue weighted by Gasteiger charge is 2.30. The van der Waals surface area contributed by atoms with E-state index in [1.807, 2.05) is 4.57 Å². The van der Waals surface area contributed by atoms with Crippen LogP contribution in [0.25, 0.3) is 11.2 Å². The van der Waals surface area contributed by atoms with Crippen molar-refractivity contribution in [2.75, 3.05) is 10.6 Å². The quantitative estimate of drug-likeness (QED) is 0.351. The van der Waals surface area contributed by atoms with Gasteiger partial charge in [-0.05, 0) is 50.7 Å². The van der Waals surface area contributed by atoms with Gasteiger partial charge in [0.15, 0.2) is 5.65 Å². The summed E-state index contributed by atoms with van der Waals surface area (Å²) in [5.74, 6) is -0.321. The Bertz CT molecular complexity index is 1260. The molecule has 2 saturated carbocycles. The molecule has 0 spiro atoms. The number of anilines is 3. The summed E-state index contributed by atoms with van der Waals surface area (Å²) in [7, 11) is 0. The number of benzene rings is 1. The van der Waals surface area contributed by atoms with E-state index in [9.17, 15) is 14.3 Å². The molecule has 0 bridgehead atoms. The van der Waals surface area contributed by atoms with Crippen LogP contribution in [0.5, 0.6) is 0 Å². The SMILES string of the molecule is NC(=O)[C@H]1CC[C@@H](n2c(Nc3c(F)cc(Cl)cc3Cl)nc3cnc(N[C@H]4CCCC[C@H]4O)nc32)CC1. The number of imidazole rings is 1. The molecular formula is C24H28Cl2FN7O2. The van der Waals surface area contributed by atoms with Crippen LogP contribution in [0, 0.1) is 11.7 Å². The fourth-order valence-electron chi connectivity index (χ4n) is 5.23. The van der Waals surface area contributed by atoms with Gasteiger partial charge in [0, 0.05) is 17.0 Å². The Hall–Kier alpha value is -2.69. The molecule has 192 valence electrons. The minimum absolute atomic E-state index is 0.0507. The van der Waals surface area contributed by atoms with Crippen molar-refractivity contribution in [1.82, 2.24) is 19.5 Å². The van der Waals surface area contributed by atoms with Gasteiger partial charge in [-0.15, -0.1) is 0 Å². The van der Waals surface area contributed by atoms with Crippen LogP contribution in [0.4, 0.5) is 22.0 Å². The molecule has 5 rings (SSSR count). The van der Waals surface area contributed by atoms with Gasteiger partial charge in [0.25, 0.3) is 0 Å². The van der Waals surface area contributed by atoms with Crippen molar-refractivity contribution in [3.8, 4) is 0 Å². The molecule has 2 aromatic heterocycles. The Morgan fingerprint density at radius 2 is 1.86 bits per heavy atom. The van der Waals surface area contributed by atoms with Crippen molar-refractivity contribution in [3.05, 3.63) is 34.2 Å². The van der Waals surface area contributed by atoms with Gasteiger partial charge < -0.3 is 21.5 Å². The third kappa shape index (κ3) is 5.07. The summed E-state index contributed by atoms with van der Waals surface area (Å²) in [6, 6.07) is 2.46. The summed E-state index contributed by atoms with van der Waals surface area (Å²) in [5.41, 5.74) is 6.67. The van der Waals surface area contributed by atoms with Crippen molar-refractivity contribution in [1.29, 1.82) is 0 Å². The minimum Gasteiger partial charge on any atom is -0.391 e. The number of halogens is 3. The average Bonchev–Trinajstić information content (AvgIpc) is 3.20. The molecule has 9 nitrogen and oxygen atoms in total. The van der Waals surface area contributed by atoms with Crippen LogP contribution < -0.4 is 16.4 Å². The fourth-order valence-corrected chi connectivity index (χ4v) is 5.75. The number of carbonyl (C=O) groups is 1. The van der Waals surface area contributed by atoms with Gasteiger partial charge in [-0.3, -0.25) is 9.36 Å². The number of amides is 1. The number of aliphatic hydroxyl groups excluding tert-OH is 1. The van der Waals surface area contributed by atoms with Crippen LogP contribution in [0.3, 0.4) is 0 Å². The van der Waals surface area contributed by atoms with E-state index in [1.54, 1.807) is 6.20 Å². The molecule has 0 radical (unpaired) electrons. The molecule has 36 heavy (non-hydrogen) atoms. The highest BCUT2D eigenvalue weighted by molar-refractivity contribution is 6.36. The average molecular weight is 536 g/mol. The number of fused-ring (bicyclic) bond motifs is 1. The van der Waals surface area contributed by atoms with Crippen molar-refractivity contribution in [2.45, 2.75) is 69.6 Å². The first-order valence-corrected chi connectivity index (χ1v) is 13.0. The fraction of sp³-hybridized carbons (Fsp3) is 0.500. The predicted molar refractivity (Wildman–Crippen MR) is 137 cm³/mol. The van der Waals surface area contributed by atoms with Gasteiger partial charge in [0.05, 0.1) is 29.1 Å². The lowest BCUT2D eigenvalue weighted by Gasteiger charge is -2.29. The van der Waals surface area contributed by atoms with Crippen molar-refractivity contribution >= 4 is 57.9 Å². The van der Waals surface area contributed by atoms with E-state index < -0.39 is 11.9 Å². The number of carbonyl (C=O) groups excluding carboxylic acids is 1. The third-order valence-corrected chi connectivity index (χ3v) is 7.70.